The van der Waals surface area contributed by atoms with Crippen LogP contribution in [0.4, 0.5) is 0 Å². The second-order valence-electron chi connectivity index (χ2n) is 7.00. The number of aryl methyl sites for hydroxylation is 2. The van der Waals surface area contributed by atoms with Crippen molar-refractivity contribution in [2.75, 3.05) is 6.54 Å². The first-order chi connectivity index (χ1) is 8.80. The third kappa shape index (κ3) is 3.01. The van der Waals surface area contributed by atoms with Gasteiger partial charge in [-0.05, 0) is 60.9 Å². The third-order valence-electron chi connectivity index (χ3n) is 4.32. The van der Waals surface area contributed by atoms with Crippen molar-refractivity contribution in [1.82, 2.24) is 5.32 Å². The van der Waals surface area contributed by atoms with Crippen LogP contribution in [-0.4, -0.2) is 12.6 Å². The van der Waals surface area contributed by atoms with Gasteiger partial charge in [0.25, 0.3) is 0 Å². The van der Waals surface area contributed by atoms with E-state index >= 15 is 0 Å². The standard InChI is InChI=1S/C17H28N2/c1-11-9-13(17(3,4)5)10-12(2)15(11)16(18)14-7-6-8-19-14/h9-10,14,16,19H,6-8,18H2,1-5H3. The third-order valence-corrected chi connectivity index (χ3v) is 4.32. The maximum atomic E-state index is 6.50. The topological polar surface area (TPSA) is 38.0 Å². The molecule has 0 radical (unpaired) electrons. The SMILES string of the molecule is Cc1cc(C(C)(C)C)cc(C)c1C(N)C1CCCN1. The van der Waals surface area contributed by atoms with Crippen molar-refractivity contribution >= 4 is 0 Å². The maximum Gasteiger partial charge on any atom is 0.0456 e. The molecule has 1 aromatic carbocycles. The van der Waals surface area contributed by atoms with E-state index in [9.17, 15) is 0 Å². The molecule has 19 heavy (non-hydrogen) atoms. The van der Waals surface area contributed by atoms with Crippen LogP contribution in [0.15, 0.2) is 12.1 Å². The van der Waals surface area contributed by atoms with Gasteiger partial charge in [-0.1, -0.05) is 32.9 Å². The van der Waals surface area contributed by atoms with Gasteiger partial charge in [-0.15, -0.1) is 0 Å². The van der Waals surface area contributed by atoms with Crippen molar-refractivity contribution < 1.29 is 0 Å². The van der Waals surface area contributed by atoms with E-state index in [1.54, 1.807) is 0 Å². The summed E-state index contributed by atoms with van der Waals surface area (Å²) >= 11 is 0. The normalized spacial score (nSPS) is 21.7. The van der Waals surface area contributed by atoms with E-state index in [4.69, 9.17) is 5.73 Å². The molecule has 2 rings (SSSR count). The lowest BCUT2D eigenvalue weighted by atomic mass is 9.82. The zero-order chi connectivity index (χ0) is 14.2. The lowest BCUT2D eigenvalue weighted by molar-refractivity contribution is 0.496. The van der Waals surface area contributed by atoms with Crippen molar-refractivity contribution in [2.45, 2.75) is 65.0 Å². The molecule has 1 heterocycles. The first-order valence-electron chi connectivity index (χ1n) is 7.41. The molecule has 106 valence electrons. The summed E-state index contributed by atoms with van der Waals surface area (Å²) in [5.41, 5.74) is 12.1. The molecule has 0 aromatic heterocycles. The van der Waals surface area contributed by atoms with Crippen LogP contribution in [0, 0.1) is 13.8 Å². The summed E-state index contributed by atoms with van der Waals surface area (Å²) in [7, 11) is 0. The first kappa shape index (κ1) is 14.5. The molecule has 0 spiro atoms. The van der Waals surface area contributed by atoms with Crippen LogP contribution >= 0.6 is 0 Å². The number of hydrogen-bond donors (Lipinski definition) is 2. The molecule has 3 N–H and O–H groups in total. The van der Waals surface area contributed by atoms with Gasteiger partial charge in [0.05, 0.1) is 0 Å². The maximum absolute atomic E-state index is 6.50. The van der Waals surface area contributed by atoms with Crippen molar-refractivity contribution in [3.8, 4) is 0 Å². The molecule has 0 bridgehead atoms. The Hall–Kier alpha value is -0.860. The molecule has 2 unspecified atom stereocenters. The summed E-state index contributed by atoms with van der Waals surface area (Å²) in [5, 5.41) is 3.53. The molecule has 2 nitrogen and oxygen atoms in total. The molecule has 1 aromatic rings. The summed E-state index contributed by atoms with van der Waals surface area (Å²) in [6.45, 7) is 12.3. The predicted molar refractivity (Wildman–Crippen MR) is 82.6 cm³/mol. The Bertz CT molecular complexity index is 428. The Labute approximate surface area is 117 Å². The van der Waals surface area contributed by atoms with E-state index in [1.807, 2.05) is 0 Å². The summed E-state index contributed by atoms with van der Waals surface area (Å²) in [6, 6.07) is 5.20. The number of benzene rings is 1. The molecule has 1 fully saturated rings. The molecule has 0 amide bonds. The number of rotatable bonds is 2. The van der Waals surface area contributed by atoms with Crippen molar-refractivity contribution in [1.29, 1.82) is 0 Å². The van der Waals surface area contributed by atoms with E-state index in [2.05, 4.69) is 52.1 Å². The van der Waals surface area contributed by atoms with Gasteiger partial charge in [-0.25, -0.2) is 0 Å². The van der Waals surface area contributed by atoms with Crippen LogP contribution in [0.1, 0.15) is 61.9 Å². The van der Waals surface area contributed by atoms with Crippen molar-refractivity contribution in [3.63, 3.8) is 0 Å². The lowest BCUT2D eigenvalue weighted by Crippen LogP contribution is -2.35. The Kier molecular flexibility index (Phi) is 4.03. The van der Waals surface area contributed by atoms with Crippen LogP contribution in [0.25, 0.3) is 0 Å². The van der Waals surface area contributed by atoms with Gasteiger partial charge in [0.1, 0.15) is 0 Å². The monoisotopic (exact) mass is 260 g/mol. The average molecular weight is 260 g/mol. The highest BCUT2D eigenvalue weighted by atomic mass is 15.0. The van der Waals surface area contributed by atoms with Crippen LogP contribution in [-0.2, 0) is 5.41 Å². The summed E-state index contributed by atoms with van der Waals surface area (Å²) in [5.74, 6) is 0. The first-order valence-corrected chi connectivity index (χ1v) is 7.41. The molecular formula is C17H28N2. The Morgan fingerprint density at radius 1 is 1.21 bits per heavy atom. The van der Waals surface area contributed by atoms with E-state index in [-0.39, 0.29) is 11.5 Å². The minimum Gasteiger partial charge on any atom is -0.323 e. The minimum absolute atomic E-state index is 0.122. The van der Waals surface area contributed by atoms with Gasteiger partial charge in [0, 0.05) is 12.1 Å². The zero-order valence-electron chi connectivity index (χ0n) is 13.0. The quantitative estimate of drug-likeness (QED) is 0.856. The predicted octanol–water partition coefficient (Wildman–Crippen LogP) is 3.35. The van der Waals surface area contributed by atoms with E-state index in [1.165, 1.54) is 35.1 Å². The largest absolute Gasteiger partial charge is 0.323 e. The number of nitrogens with two attached hydrogens (primary N) is 1. The molecule has 2 heteroatoms. The smallest absolute Gasteiger partial charge is 0.0456 e. The van der Waals surface area contributed by atoms with Crippen LogP contribution in [0.3, 0.4) is 0 Å². The second-order valence-corrected chi connectivity index (χ2v) is 7.00. The minimum atomic E-state index is 0.122. The van der Waals surface area contributed by atoms with Crippen LogP contribution in [0.2, 0.25) is 0 Å². The van der Waals surface area contributed by atoms with Crippen LogP contribution < -0.4 is 11.1 Å². The van der Waals surface area contributed by atoms with E-state index < -0.39 is 0 Å². The average Bonchev–Trinajstić information content (AvgIpc) is 2.79. The highest BCUT2D eigenvalue weighted by Gasteiger charge is 2.26. The summed E-state index contributed by atoms with van der Waals surface area (Å²) in [4.78, 5) is 0. The highest BCUT2D eigenvalue weighted by molar-refractivity contribution is 5.42. The molecule has 1 aliphatic heterocycles. The van der Waals surface area contributed by atoms with Gasteiger partial charge in [-0.3, -0.25) is 0 Å². The van der Waals surface area contributed by atoms with Gasteiger partial charge in [0.15, 0.2) is 0 Å². The lowest BCUT2D eigenvalue weighted by Gasteiger charge is -2.27. The Morgan fingerprint density at radius 2 is 1.79 bits per heavy atom. The van der Waals surface area contributed by atoms with Crippen LogP contribution in [0.5, 0.6) is 0 Å². The van der Waals surface area contributed by atoms with E-state index in [0.717, 1.165) is 6.54 Å². The van der Waals surface area contributed by atoms with Gasteiger partial charge < -0.3 is 11.1 Å². The molecule has 0 saturated carbocycles. The molecule has 1 aliphatic rings. The molecular weight excluding hydrogens is 232 g/mol. The van der Waals surface area contributed by atoms with Gasteiger partial charge in [-0.2, -0.15) is 0 Å². The number of nitrogens with one attached hydrogen (secondary N) is 1. The van der Waals surface area contributed by atoms with Crippen molar-refractivity contribution in [3.05, 3.63) is 34.4 Å². The second kappa shape index (κ2) is 5.26. The Balaban J connectivity index is 2.36. The van der Waals surface area contributed by atoms with Gasteiger partial charge >= 0.3 is 0 Å². The Morgan fingerprint density at radius 3 is 2.21 bits per heavy atom. The molecule has 1 saturated heterocycles. The summed E-state index contributed by atoms with van der Waals surface area (Å²) in [6.07, 6.45) is 2.44. The van der Waals surface area contributed by atoms with Gasteiger partial charge in [0.2, 0.25) is 0 Å². The summed E-state index contributed by atoms with van der Waals surface area (Å²) < 4.78 is 0. The molecule has 2 atom stereocenters. The van der Waals surface area contributed by atoms with E-state index in [0.29, 0.717) is 6.04 Å². The zero-order valence-corrected chi connectivity index (χ0v) is 13.0. The fourth-order valence-electron chi connectivity index (χ4n) is 3.15. The van der Waals surface area contributed by atoms with Crippen molar-refractivity contribution in [2.24, 2.45) is 5.73 Å². The fraction of sp³-hybridized carbons (Fsp3) is 0.647. The highest BCUT2D eigenvalue weighted by Crippen LogP contribution is 2.31. The number of hydrogen-bond acceptors (Lipinski definition) is 2. The fourth-order valence-corrected chi connectivity index (χ4v) is 3.15. The molecule has 0 aliphatic carbocycles.